The zero-order valence-electron chi connectivity index (χ0n) is 6.08. The largest absolute Gasteiger partial charge is 0.304 e. The molecule has 0 amide bonds. The SMILES string of the molecule is Cc1cc(Cl)cc2nccn12. The molecule has 0 fully saturated rings. The molecule has 0 spiro atoms. The van der Waals surface area contributed by atoms with Crippen LogP contribution >= 0.6 is 11.6 Å². The van der Waals surface area contributed by atoms with Crippen LogP contribution in [0, 0.1) is 6.92 Å². The Bertz CT molecular complexity index is 392. The molecular formula is C8H7ClN2. The van der Waals surface area contributed by atoms with E-state index in [1.54, 1.807) is 6.20 Å². The maximum Gasteiger partial charge on any atom is 0.138 e. The molecule has 0 saturated carbocycles. The third-order valence-corrected chi connectivity index (χ3v) is 1.88. The van der Waals surface area contributed by atoms with E-state index >= 15 is 0 Å². The van der Waals surface area contributed by atoms with Gasteiger partial charge < -0.3 is 4.40 Å². The van der Waals surface area contributed by atoms with Crippen LogP contribution < -0.4 is 0 Å². The van der Waals surface area contributed by atoms with Crippen LogP contribution in [-0.4, -0.2) is 9.38 Å². The van der Waals surface area contributed by atoms with Crippen molar-refractivity contribution in [1.82, 2.24) is 9.38 Å². The van der Waals surface area contributed by atoms with E-state index in [2.05, 4.69) is 4.98 Å². The fourth-order valence-corrected chi connectivity index (χ4v) is 1.41. The average Bonchev–Trinajstić information content (AvgIpc) is 2.34. The van der Waals surface area contributed by atoms with Crippen molar-refractivity contribution >= 4 is 17.2 Å². The number of imidazole rings is 1. The summed E-state index contributed by atoms with van der Waals surface area (Å²) in [6.07, 6.45) is 3.68. The number of halogens is 1. The Labute approximate surface area is 69.4 Å². The number of hydrogen-bond donors (Lipinski definition) is 0. The lowest BCUT2D eigenvalue weighted by Crippen LogP contribution is -1.88. The Hall–Kier alpha value is -1.02. The van der Waals surface area contributed by atoms with Gasteiger partial charge >= 0.3 is 0 Å². The van der Waals surface area contributed by atoms with Crippen molar-refractivity contribution in [2.24, 2.45) is 0 Å². The number of pyridine rings is 1. The molecular weight excluding hydrogens is 160 g/mol. The number of hydrogen-bond acceptors (Lipinski definition) is 1. The summed E-state index contributed by atoms with van der Waals surface area (Å²) < 4.78 is 1.99. The molecule has 0 aromatic carbocycles. The first-order valence-corrected chi connectivity index (χ1v) is 3.74. The maximum atomic E-state index is 5.83. The van der Waals surface area contributed by atoms with Gasteiger partial charge in [-0.2, -0.15) is 0 Å². The minimum atomic E-state index is 0.737. The third kappa shape index (κ3) is 0.994. The summed E-state index contributed by atoms with van der Waals surface area (Å²) in [7, 11) is 0. The lowest BCUT2D eigenvalue weighted by molar-refractivity contribution is 1.09. The highest BCUT2D eigenvalue weighted by Gasteiger charge is 1.97. The normalized spacial score (nSPS) is 10.7. The summed E-state index contributed by atoms with van der Waals surface area (Å²) in [6.45, 7) is 2.00. The van der Waals surface area contributed by atoms with Crippen molar-refractivity contribution < 1.29 is 0 Å². The molecule has 0 aliphatic carbocycles. The van der Waals surface area contributed by atoms with Crippen LogP contribution in [0.25, 0.3) is 5.65 Å². The average molecular weight is 167 g/mol. The van der Waals surface area contributed by atoms with Crippen molar-refractivity contribution in [3.8, 4) is 0 Å². The molecule has 0 N–H and O–H groups in total. The Kier molecular flexibility index (Phi) is 1.36. The second kappa shape index (κ2) is 2.24. The van der Waals surface area contributed by atoms with Crippen molar-refractivity contribution in [1.29, 1.82) is 0 Å². The molecule has 2 rings (SSSR count). The van der Waals surface area contributed by atoms with Crippen LogP contribution in [0.4, 0.5) is 0 Å². The highest BCUT2D eigenvalue weighted by molar-refractivity contribution is 6.30. The number of aryl methyl sites for hydroxylation is 1. The third-order valence-electron chi connectivity index (χ3n) is 1.66. The molecule has 2 aromatic heterocycles. The molecule has 11 heavy (non-hydrogen) atoms. The van der Waals surface area contributed by atoms with E-state index in [0.717, 1.165) is 16.4 Å². The zero-order valence-corrected chi connectivity index (χ0v) is 6.84. The Morgan fingerprint density at radius 3 is 3.09 bits per heavy atom. The topological polar surface area (TPSA) is 17.3 Å². The smallest absolute Gasteiger partial charge is 0.138 e. The molecule has 0 bridgehead atoms. The lowest BCUT2D eigenvalue weighted by atomic mass is 10.4. The van der Waals surface area contributed by atoms with Gasteiger partial charge in [-0.15, -0.1) is 0 Å². The quantitative estimate of drug-likeness (QED) is 0.587. The summed E-state index contributed by atoms with van der Waals surface area (Å²) in [6, 6.07) is 3.75. The Morgan fingerprint density at radius 2 is 2.27 bits per heavy atom. The highest BCUT2D eigenvalue weighted by atomic mass is 35.5. The monoisotopic (exact) mass is 166 g/mol. The van der Waals surface area contributed by atoms with Gasteiger partial charge in [0.05, 0.1) is 0 Å². The van der Waals surface area contributed by atoms with Crippen molar-refractivity contribution in [3.05, 3.63) is 35.2 Å². The summed E-state index contributed by atoms with van der Waals surface area (Å²) in [5.74, 6) is 0. The Balaban J connectivity index is 2.91. The summed E-state index contributed by atoms with van der Waals surface area (Å²) >= 11 is 5.83. The molecule has 2 aromatic rings. The predicted octanol–water partition coefficient (Wildman–Crippen LogP) is 2.30. The van der Waals surface area contributed by atoms with Gasteiger partial charge in [0.2, 0.25) is 0 Å². The second-order valence-corrected chi connectivity index (χ2v) is 2.91. The highest BCUT2D eigenvalue weighted by Crippen LogP contribution is 2.13. The van der Waals surface area contributed by atoms with E-state index in [4.69, 9.17) is 11.6 Å². The van der Waals surface area contributed by atoms with Crippen LogP contribution in [0.3, 0.4) is 0 Å². The van der Waals surface area contributed by atoms with Gasteiger partial charge in [-0.05, 0) is 13.0 Å². The number of fused-ring (bicyclic) bond motifs is 1. The first-order chi connectivity index (χ1) is 5.27. The molecule has 0 unspecified atom stereocenters. The standard InChI is InChI=1S/C8H7ClN2/c1-6-4-7(9)5-8-10-2-3-11(6)8/h2-5H,1H3. The van der Waals surface area contributed by atoms with E-state index in [-0.39, 0.29) is 0 Å². The van der Waals surface area contributed by atoms with E-state index in [9.17, 15) is 0 Å². The van der Waals surface area contributed by atoms with Crippen LogP contribution in [0.2, 0.25) is 5.02 Å². The molecule has 0 aliphatic rings. The van der Waals surface area contributed by atoms with Gasteiger partial charge in [0.25, 0.3) is 0 Å². The molecule has 0 saturated heterocycles. The van der Waals surface area contributed by atoms with Crippen LogP contribution in [0.15, 0.2) is 24.5 Å². The van der Waals surface area contributed by atoms with Crippen molar-refractivity contribution in [2.45, 2.75) is 6.92 Å². The first-order valence-electron chi connectivity index (χ1n) is 3.36. The molecule has 3 heteroatoms. The fraction of sp³-hybridized carbons (Fsp3) is 0.125. The van der Waals surface area contributed by atoms with Gasteiger partial charge in [0.15, 0.2) is 0 Å². The van der Waals surface area contributed by atoms with E-state index < -0.39 is 0 Å². The lowest BCUT2D eigenvalue weighted by Gasteiger charge is -1.98. The fourth-order valence-electron chi connectivity index (χ4n) is 1.15. The second-order valence-electron chi connectivity index (χ2n) is 2.47. The molecule has 56 valence electrons. The van der Waals surface area contributed by atoms with Gasteiger partial charge in [0, 0.05) is 29.2 Å². The van der Waals surface area contributed by atoms with Crippen molar-refractivity contribution in [2.75, 3.05) is 0 Å². The number of rotatable bonds is 0. The minimum Gasteiger partial charge on any atom is -0.304 e. The molecule has 2 heterocycles. The number of nitrogens with zero attached hydrogens (tertiary/aromatic N) is 2. The minimum absolute atomic E-state index is 0.737. The van der Waals surface area contributed by atoms with Gasteiger partial charge in [-0.1, -0.05) is 11.6 Å². The van der Waals surface area contributed by atoms with Gasteiger partial charge in [-0.3, -0.25) is 0 Å². The maximum absolute atomic E-state index is 5.83. The van der Waals surface area contributed by atoms with E-state index in [1.165, 1.54) is 0 Å². The summed E-state index contributed by atoms with van der Waals surface area (Å²) in [4.78, 5) is 4.12. The van der Waals surface area contributed by atoms with Gasteiger partial charge in [0.1, 0.15) is 5.65 Å². The molecule has 0 atom stereocenters. The van der Waals surface area contributed by atoms with Crippen LogP contribution in [0.5, 0.6) is 0 Å². The van der Waals surface area contributed by atoms with Crippen molar-refractivity contribution in [3.63, 3.8) is 0 Å². The van der Waals surface area contributed by atoms with E-state index in [1.807, 2.05) is 29.7 Å². The predicted molar refractivity (Wildman–Crippen MR) is 44.9 cm³/mol. The molecule has 0 aliphatic heterocycles. The summed E-state index contributed by atoms with van der Waals surface area (Å²) in [5, 5.41) is 0.737. The van der Waals surface area contributed by atoms with Crippen LogP contribution in [0.1, 0.15) is 5.69 Å². The van der Waals surface area contributed by atoms with Crippen LogP contribution in [-0.2, 0) is 0 Å². The number of aromatic nitrogens is 2. The van der Waals surface area contributed by atoms with E-state index in [0.29, 0.717) is 0 Å². The Morgan fingerprint density at radius 1 is 1.45 bits per heavy atom. The molecule has 2 nitrogen and oxygen atoms in total. The zero-order chi connectivity index (χ0) is 7.84. The molecule has 0 radical (unpaired) electrons. The first kappa shape index (κ1) is 6.68. The van der Waals surface area contributed by atoms with Gasteiger partial charge in [-0.25, -0.2) is 4.98 Å². The summed E-state index contributed by atoms with van der Waals surface area (Å²) in [5.41, 5.74) is 2.00.